The monoisotopic (exact) mass is 190 g/mol. The summed E-state index contributed by atoms with van der Waals surface area (Å²) in [5, 5.41) is 5.55. The molecule has 0 unspecified atom stereocenters. The van der Waals surface area contributed by atoms with Gasteiger partial charge in [0.05, 0.1) is 0 Å². The van der Waals surface area contributed by atoms with Gasteiger partial charge in [0.25, 0.3) is 0 Å². The summed E-state index contributed by atoms with van der Waals surface area (Å²) in [5.74, 6) is 1.10. The van der Waals surface area contributed by atoms with Crippen molar-refractivity contribution in [2.45, 2.75) is 26.3 Å². The van der Waals surface area contributed by atoms with Gasteiger partial charge in [-0.15, -0.1) is 0 Å². The number of rotatable bonds is 5. The fourth-order valence-corrected chi connectivity index (χ4v) is 1.16. The Bertz CT molecular complexity index is 128. The first-order chi connectivity index (χ1) is 5.66. The molecule has 2 N–H and O–H groups in total. The van der Waals surface area contributed by atoms with Gasteiger partial charge in [-0.3, -0.25) is 0 Å². The van der Waals surface area contributed by atoms with E-state index >= 15 is 0 Å². The van der Waals surface area contributed by atoms with Crippen molar-refractivity contribution < 1.29 is 4.79 Å². The molecule has 0 aromatic carbocycles. The minimum atomic E-state index is -0.0638. The molecule has 0 saturated carbocycles. The molecule has 0 saturated heterocycles. The molecule has 0 bridgehead atoms. The molecule has 2 amide bonds. The van der Waals surface area contributed by atoms with Gasteiger partial charge < -0.3 is 10.6 Å². The van der Waals surface area contributed by atoms with Crippen LogP contribution in [0.25, 0.3) is 0 Å². The van der Waals surface area contributed by atoms with E-state index in [-0.39, 0.29) is 12.1 Å². The van der Waals surface area contributed by atoms with Crippen LogP contribution in [0, 0.1) is 0 Å². The van der Waals surface area contributed by atoms with Crippen LogP contribution in [0.3, 0.4) is 0 Å². The van der Waals surface area contributed by atoms with E-state index < -0.39 is 0 Å². The van der Waals surface area contributed by atoms with Crippen molar-refractivity contribution in [3.05, 3.63) is 0 Å². The van der Waals surface area contributed by atoms with Crippen LogP contribution in [0.2, 0.25) is 0 Å². The molecule has 0 radical (unpaired) electrons. The van der Waals surface area contributed by atoms with E-state index in [1.807, 2.05) is 13.8 Å². The molecule has 0 atom stereocenters. The summed E-state index contributed by atoms with van der Waals surface area (Å²) in [6, 6.07) is 0.150. The van der Waals surface area contributed by atoms with Gasteiger partial charge in [-0.05, 0) is 32.3 Å². The molecule has 4 heteroatoms. The molecule has 0 aliphatic rings. The molecule has 72 valence electrons. The van der Waals surface area contributed by atoms with Crippen LogP contribution in [-0.4, -0.2) is 30.6 Å². The molecular weight excluding hydrogens is 172 g/mol. The standard InChI is InChI=1S/C8H18N2OS/c1-7(2)10-8(11)9-5-4-6-12-3/h7H,4-6H2,1-3H3,(H2,9,10,11). The molecule has 0 fully saturated rings. The second-order valence-corrected chi connectivity index (χ2v) is 3.89. The average Bonchev–Trinajstić information content (AvgIpc) is 1.97. The Morgan fingerprint density at radius 1 is 1.50 bits per heavy atom. The van der Waals surface area contributed by atoms with Crippen molar-refractivity contribution in [1.82, 2.24) is 10.6 Å². The summed E-state index contributed by atoms with van der Waals surface area (Å²) in [6.45, 7) is 4.66. The zero-order valence-corrected chi connectivity index (χ0v) is 8.83. The van der Waals surface area contributed by atoms with E-state index in [9.17, 15) is 4.79 Å². The van der Waals surface area contributed by atoms with Crippen molar-refractivity contribution in [3.63, 3.8) is 0 Å². The molecule has 12 heavy (non-hydrogen) atoms. The molecule has 0 rings (SSSR count). The van der Waals surface area contributed by atoms with Gasteiger partial charge >= 0.3 is 6.03 Å². The second kappa shape index (κ2) is 7.28. The summed E-state index contributed by atoms with van der Waals surface area (Å²) in [6.07, 6.45) is 3.10. The number of urea groups is 1. The van der Waals surface area contributed by atoms with Crippen LogP contribution in [0.1, 0.15) is 20.3 Å². The van der Waals surface area contributed by atoms with E-state index in [0.29, 0.717) is 0 Å². The number of carbonyl (C=O) groups is 1. The van der Waals surface area contributed by atoms with Gasteiger partial charge in [0.1, 0.15) is 0 Å². The molecule has 0 spiro atoms. The third kappa shape index (κ3) is 7.72. The zero-order chi connectivity index (χ0) is 9.40. The zero-order valence-electron chi connectivity index (χ0n) is 8.02. The van der Waals surface area contributed by atoms with E-state index in [1.165, 1.54) is 0 Å². The van der Waals surface area contributed by atoms with Gasteiger partial charge in [-0.25, -0.2) is 4.79 Å². The lowest BCUT2D eigenvalue weighted by molar-refractivity contribution is 0.238. The molecule has 0 heterocycles. The second-order valence-electron chi connectivity index (χ2n) is 2.90. The number of carbonyl (C=O) groups excluding carboxylic acids is 1. The van der Waals surface area contributed by atoms with Crippen LogP contribution in [-0.2, 0) is 0 Å². The van der Waals surface area contributed by atoms with E-state index in [4.69, 9.17) is 0 Å². The Morgan fingerprint density at radius 2 is 2.17 bits per heavy atom. The molecule has 0 aliphatic carbocycles. The highest BCUT2D eigenvalue weighted by atomic mass is 32.2. The summed E-state index contributed by atoms with van der Waals surface area (Å²) < 4.78 is 0. The maximum atomic E-state index is 11.0. The van der Waals surface area contributed by atoms with Crippen LogP contribution < -0.4 is 10.6 Å². The van der Waals surface area contributed by atoms with Crippen LogP contribution >= 0.6 is 11.8 Å². The quantitative estimate of drug-likeness (QED) is 0.644. The molecule has 0 aromatic heterocycles. The summed E-state index contributed by atoms with van der Waals surface area (Å²) in [7, 11) is 0. The fraction of sp³-hybridized carbons (Fsp3) is 0.875. The third-order valence-electron chi connectivity index (χ3n) is 1.23. The first kappa shape index (κ1) is 11.6. The van der Waals surface area contributed by atoms with Crippen molar-refractivity contribution in [2.24, 2.45) is 0 Å². The van der Waals surface area contributed by atoms with Gasteiger partial charge in [-0.1, -0.05) is 0 Å². The predicted octanol–water partition coefficient (Wildman–Crippen LogP) is 1.45. The largest absolute Gasteiger partial charge is 0.338 e. The third-order valence-corrected chi connectivity index (χ3v) is 1.93. The SMILES string of the molecule is CSCCCNC(=O)NC(C)C. The van der Waals surface area contributed by atoms with Gasteiger partial charge in [0.15, 0.2) is 0 Å². The number of hydrogen-bond donors (Lipinski definition) is 2. The Kier molecular flexibility index (Phi) is 7.05. The first-order valence-corrected chi connectivity index (χ1v) is 5.59. The highest BCUT2D eigenvalue weighted by Gasteiger charge is 1.99. The highest BCUT2D eigenvalue weighted by Crippen LogP contribution is 1.92. The van der Waals surface area contributed by atoms with Gasteiger partial charge in [-0.2, -0.15) is 11.8 Å². The van der Waals surface area contributed by atoms with Crippen LogP contribution in [0.5, 0.6) is 0 Å². The minimum Gasteiger partial charge on any atom is -0.338 e. The Labute approximate surface area is 78.7 Å². The highest BCUT2D eigenvalue weighted by molar-refractivity contribution is 7.98. The van der Waals surface area contributed by atoms with Crippen molar-refractivity contribution in [1.29, 1.82) is 0 Å². The summed E-state index contributed by atoms with van der Waals surface area (Å²) in [5.41, 5.74) is 0. The maximum Gasteiger partial charge on any atom is 0.314 e. The van der Waals surface area contributed by atoms with Gasteiger partial charge in [0.2, 0.25) is 0 Å². The van der Waals surface area contributed by atoms with Crippen molar-refractivity contribution >= 4 is 17.8 Å². The lowest BCUT2D eigenvalue weighted by Crippen LogP contribution is -2.39. The number of hydrogen-bond acceptors (Lipinski definition) is 2. The molecular formula is C8H18N2OS. The lowest BCUT2D eigenvalue weighted by atomic mass is 10.4. The lowest BCUT2D eigenvalue weighted by Gasteiger charge is -2.09. The van der Waals surface area contributed by atoms with Crippen LogP contribution in [0.4, 0.5) is 4.79 Å². The fourth-order valence-electron chi connectivity index (χ4n) is 0.732. The topological polar surface area (TPSA) is 41.1 Å². The van der Waals surface area contributed by atoms with E-state index in [0.717, 1.165) is 18.7 Å². The first-order valence-electron chi connectivity index (χ1n) is 4.20. The van der Waals surface area contributed by atoms with Gasteiger partial charge in [0, 0.05) is 12.6 Å². The molecule has 0 aromatic rings. The number of nitrogens with one attached hydrogen (secondary N) is 2. The smallest absolute Gasteiger partial charge is 0.314 e. The van der Waals surface area contributed by atoms with Crippen LogP contribution in [0.15, 0.2) is 0 Å². The van der Waals surface area contributed by atoms with Crippen molar-refractivity contribution in [2.75, 3.05) is 18.6 Å². The normalized spacial score (nSPS) is 10.0. The summed E-state index contributed by atoms with van der Waals surface area (Å²) >= 11 is 1.80. The summed E-state index contributed by atoms with van der Waals surface area (Å²) in [4.78, 5) is 11.0. The number of amides is 2. The maximum absolute atomic E-state index is 11.0. The Hall–Kier alpha value is -0.380. The van der Waals surface area contributed by atoms with E-state index in [1.54, 1.807) is 11.8 Å². The Morgan fingerprint density at radius 3 is 2.67 bits per heavy atom. The predicted molar refractivity (Wildman–Crippen MR) is 54.7 cm³/mol. The Balaban J connectivity index is 3.20. The molecule has 3 nitrogen and oxygen atoms in total. The minimum absolute atomic E-state index is 0.0638. The van der Waals surface area contributed by atoms with E-state index in [2.05, 4.69) is 16.9 Å². The molecule has 0 aliphatic heterocycles. The van der Waals surface area contributed by atoms with Crippen molar-refractivity contribution in [3.8, 4) is 0 Å². The number of thioether (sulfide) groups is 1. The average molecular weight is 190 g/mol.